The van der Waals surface area contributed by atoms with Crippen molar-refractivity contribution in [1.29, 1.82) is 0 Å². The van der Waals surface area contributed by atoms with E-state index in [1.165, 1.54) is 0 Å². The fraction of sp³-hybridized carbons (Fsp3) is 0.667. The number of ether oxygens (including phenoxy) is 2. The molecule has 0 aromatic heterocycles. The molecule has 1 aromatic rings. The Labute approximate surface area is 194 Å². The standard InChI is InChI=1S/C24H35BrN2O4/c1-23(2,3)31-22(29)26(4)17-18-9-13-27(14-10-18)21(28)24(11-15-30-16-12-24)19-5-7-20(25)8-6-19/h5-8,18H,9-17H2,1-4H3. The smallest absolute Gasteiger partial charge is 0.410 e. The van der Waals surface area contributed by atoms with Gasteiger partial charge in [-0.3, -0.25) is 4.79 Å². The van der Waals surface area contributed by atoms with E-state index in [2.05, 4.69) is 28.1 Å². The van der Waals surface area contributed by atoms with Gasteiger partial charge in [-0.25, -0.2) is 4.79 Å². The second kappa shape index (κ2) is 9.90. The van der Waals surface area contributed by atoms with Crippen molar-refractivity contribution in [3.63, 3.8) is 0 Å². The summed E-state index contributed by atoms with van der Waals surface area (Å²) in [6.07, 6.45) is 2.93. The molecule has 31 heavy (non-hydrogen) atoms. The van der Waals surface area contributed by atoms with E-state index in [0.29, 0.717) is 25.7 Å². The molecule has 0 radical (unpaired) electrons. The zero-order chi connectivity index (χ0) is 22.6. The van der Waals surface area contributed by atoms with E-state index in [-0.39, 0.29) is 12.0 Å². The third kappa shape index (κ3) is 6.01. The lowest BCUT2D eigenvalue weighted by Crippen LogP contribution is -2.52. The lowest BCUT2D eigenvalue weighted by Gasteiger charge is -2.42. The highest BCUT2D eigenvalue weighted by Crippen LogP contribution is 2.38. The molecular formula is C24H35BrN2O4. The van der Waals surface area contributed by atoms with Crippen molar-refractivity contribution in [1.82, 2.24) is 9.80 Å². The summed E-state index contributed by atoms with van der Waals surface area (Å²) >= 11 is 3.50. The first-order chi connectivity index (χ1) is 14.6. The Morgan fingerprint density at radius 3 is 2.29 bits per heavy atom. The van der Waals surface area contributed by atoms with Crippen LogP contribution in [0.4, 0.5) is 4.79 Å². The van der Waals surface area contributed by atoms with Gasteiger partial charge in [0.1, 0.15) is 5.60 Å². The fourth-order valence-corrected chi connectivity index (χ4v) is 4.80. The Balaban J connectivity index is 1.62. The van der Waals surface area contributed by atoms with E-state index in [1.54, 1.807) is 11.9 Å². The molecule has 0 atom stereocenters. The maximum absolute atomic E-state index is 13.7. The Kier molecular flexibility index (Phi) is 7.68. The van der Waals surface area contributed by atoms with Crippen LogP contribution in [0.2, 0.25) is 0 Å². The topological polar surface area (TPSA) is 59.1 Å². The molecule has 172 valence electrons. The van der Waals surface area contributed by atoms with Gasteiger partial charge in [-0.1, -0.05) is 28.1 Å². The number of benzene rings is 1. The minimum absolute atomic E-state index is 0.220. The molecule has 0 unspecified atom stereocenters. The van der Waals surface area contributed by atoms with Crippen molar-refractivity contribution in [3.8, 4) is 0 Å². The Bertz CT molecular complexity index is 761. The third-order valence-electron chi connectivity index (χ3n) is 6.29. The van der Waals surface area contributed by atoms with Gasteiger partial charge >= 0.3 is 6.09 Å². The van der Waals surface area contributed by atoms with Crippen LogP contribution in [0.3, 0.4) is 0 Å². The van der Waals surface area contributed by atoms with Gasteiger partial charge in [-0.05, 0) is 70.1 Å². The Morgan fingerprint density at radius 1 is 1.16 bits per heavy atom. The molecule has 0 bridgehead atoms. The number of hydrogen-bond donors (Lipinski definition) is 0. The summed E-state index contributed by atoms with van der Waals surface area (Å²) in [5.41, 5.74) is 0.0847. The largest absolute Gasteiger partial charge is 0.444 e. The number of hydrogen-bond acceptors (Lipinski definition) is 4. The van der Waals surface area contributed by atoms with Gasteiger partial charge in [-0.2, -0.15) is 0 Å². The molecule has 6 nitrogen and oxygen atoms in total. The van der Waals surface area contributed by atoms with Crippen LogP contribution >= 0.6 is 15.9 Å². The van der Waals surface area contributed by atoms with Crippen molar-refractivity contribution in [2.75, 3.05) is 39.9 Å². The van der Waals surface area contributed by atoms with E-state index in [4.69, 9.17) is 9.47 Å². The molecule has 1 aromatic carbocycles. The van der Waals surface area contributed by atoms with Gasteiger partial charge in [0, 0.05) is 44.4 Å². The van der Waals surface area contributed by atoms with Crippen LogP contribution < -0.4 is 0 Å². The molecule has 0 spiro atoms. The number of amides is 2. The van der Waals surface area contributed by atoms with Gasteiger partial charge in [0.2, 0.25) is 5.91 Å². The van der Waals surface area contributed by atoms with Gasteiger partial charge in [0.15, 0.2) is 0 Å². The lowest BCUT2D eigenvalue weighted by molar-refractivity contribution is -0.143. The highest BCUT2D eigenvalue weighted by Gasteiger charge is 2.44. The fourth-order valence-electron chi connectivity index (χ4n) is 4.54. The number of likely N-dealkylation sites (tertiary alicyclic amines) is 1. The number of halogens is 1. The van der Waals surface area contributed by atoms with Crippen molar-refractivity contribution in [2.45, 2.75) is 57.5 Å². The summed E-state index contributed by atoms with van der Waals surface area (Å²) in [6, 6.07) is 8.16. The highest BCUT2D eigenvalue weighted by molar-refractivity contribution is 9.10. The number of carbonyl (C=O) groups excluding carboxylic acids is 2. The molecule has 0 N–H and O–H groups in total. The molecule has 2 aliphatic heterocycles. The van der Waals surface area contributed by atoms with Crippen LogP contribution in [-0.4, -0.2) is 67.3 Å². The lowest BCUT2D eigenvalue weighted by atomic mass is 9.72. The van der Waals surface area contributed by atoms with Crippen LogP contribution in [0.15, 0.2) is 28.7 Å². The summed E-state index contributed by atoms with van der Waals surface area (Å²) in [5, 5.41) is 0. The van der Waals surface area contributed by atoms with Gasteiger partial charge in [-0.15, -0.1) is 0 Å². The molecule has 7 heteroatoms. The van der Waals surface area contributed by atoms with Gasteiger partial charge in [0.25, 0.3) is 0 Å². The molecule has 0 aliphatic carbocycles. The number of nitrogens with zero attached hydrogens (tertiary/aromatic N) is 2. The molecule has 0 saturated carbocycles. The first kappa shape index (κ1) is 24.1. The normalized spacial score (nSPS) is 19.7. The van der Waals surface area contributed by atoms with Crippen molar-refractivity contribution >= 4 is 27.9 Å². The van der Waals surface area contributed by atoms with Crippen LogP contribution in [-0.2, 0) is 19.7 Å². The maximum Gasteiger partial charge on any atom is 0.410 e. The van der Waals surface area contributed by atoms with E-state index >= 15 is 0 Å². The number of carbonyl (C=O) groups is 2. The van der Waals surface area contributed by atoms with E-state index in [1.807, 2.05) is 37.8 Å². The summed E-state index contributed by atoms with van der Waals surface area (Å²) in [5.74, 6) is 0.594. The van der Waals surface area contributed by atoms with Crippen molar-refractivity contribution < 1.29 is 19.1 Å². The monoisotopic (exact) mass is 494 g/mol. The second-order valence-corrected chi connectivity index (χ2v) is 10.7. The predicted octanol–water partition coefficient (Wildman–Crippen LogP) is 4.60. The minimum Gasteiger partial charge on any atom is -0.444 e. The van der Waals surface area contributed by atoms with Gasteiger partial charge in [0.05, 0.1) is 5.41 Å². The van der Waals surface area contributed by atoms with E-state index in [9.17, 15) is 9.59 Å². The Morgan fingerprint density at radius 2 is 1.74 bits per heavy atom. The maximum atomic E-state index is 13.7. The zero-order valence-corrected chi connectivity index (χ0v) is 20.7. The molecule has 2 amide bonds. The third-order valence-corrected chi connectivity index (χ3v) is 6.82. The summed E-state index contributed by atoms with van der Waals surface area (Å²) in [4.78, 5) is 29.7. The molecule has 2 heterocycles. The van der Waals surface area contributed by atoms with Crippen molar-refractivity contribution in [2.24, 2.45) is 5.92 Å². The van der Waals surface area contributed by atoms with Crippen LogP contribution in [0, 0.1) is 5.92 Å². The summed E-state index contributed by atoms with van der Waals surface area (Å²) < 4.78 is 12.1. The SMILES string of the molecule is CN(CC1CCN(C(=O)C2(c3ccc(Br)cc3)CCOCC2)CC1)C(=O)OC(C)(C)C. The first-order valence-corrected chi connectivity index (χ1v) is 12.0. The molecule has 2 aliphatic rings. The molecule has 2 fully saturated rings. The minimum atomic E-state index is -0.501. The van der Waals surface area contributed by atoms with Gasteiger partial charge < -0.3 is 19.3 Å². The zero-order valence-electron chi connectivity index (χ0n) is 19.2. The molecule has 3 rings (SSSR count). The molecule has 2 saturated heterocycles. The summed E-state index contributed by atoms with van der Waals surface area (Å²) in [6.45, 7) is 8.96. The second-order valence-electron chi connectivity index (χ2n) is 9.80. The average Bonchev–Trinajstić information content (AvgIpc) is 2.73. The molecular weight excluding hydrogens is 460 g/mol. The predicted molar refractivity (Wildman–Crippen MR) is 124 cm³/mol. The summed E-state index contributed by atoms with van der Waals surface area (Å²) in [7, 11) is 1.79. The first-order valence-electron chi connectivity index (χ1n) is 11.2. The highest BCUT2D eigenvalue weighted by atomic mass is 79.9. The number of rotatable bonds is 4. The quantitative estimate of drug-likeness (QED) is 0.613. The van der Waals surface area contributed by atoms with Crippen LogP contribution in [0.1, 0.15) is 52.0 Å². The van der Waals surface area contributed by atoms with E-state index < -0.39 is 11.0 Å². The van der Waals surface area contributed by atoms with Crippen LogP contribution in [0.25, 0.3) is 0 Å². The van der Waals surface area contributed by atoms with Crippen LogP contribution in [0.5, 0.6) is 0 Å². The Hall–Kier alpha value is -1.60. The average molecular weight is 495 g/mol. The van der Waals surface area contributed by atoms with E-state index in [0.717, 1.165) is 48.8 Å². The number of piperidine rings is 1. The van der Waals surface area contributed by atoms with Crippen molar-refractivity contribution in [3.05, 3.63) is 34.3 Å².